The third-order valence-corrected chi connectivity index (χ3v) is 4.18. The van der Waals surface area contributed by atoms with Crippen LogP contribution in [0.4, 0.5) is 0 Å². The second kappa shape index (κ2) is 6.95. The molecule has 7 heteroatoms. The summed E-state index contributed by atoms with van der Waals surface area (Å²) in [6.45, 7) is 1.97. The molecule has 0 unspecified atom stereocenters. The van der Waals surface area contributed by atoms with E-state index in [0.29, 0.717) is 17.2 Å². The Labute approximate surface area is 154 Å². The van der Waals surface area contributed by atoms with Crippen LogP contribution in [0.5, 0.6) is 5.75 Å². The van der Waals surface area contributed by atoms with Crippen molar-refractivity contribution in [3.8, 4) is 5.75 Å². The fourth-order valence-electron chi connectivity index (χ4n) is 2.87. The smallest absolute Gasteiger partial charge is 0.336 e. The zero-order valence-electron chi connectivity index (χ0n) is 14.6. The highest BCUT2D eigenvalue weighted by molar-refractivity contribution is 5.82. The van der Waals surface area contributed by atoms with Crippen LogP contribution in [-0.4, -0.2) is 22.5 Å². The Morgan fingerprint density at radius 1 is 1.22 bits per heavy atom. The summed E-state index contributed by atoms with van der Waals surface area (Å²) < 4.78 is 10.7. The van der Waals surface area contributed by atoms with Crippen molar-refractivity contribution < 1.29 is 13.9 Å². The van der Waals surface area contributed by atoms with E-state index in [9.17, 15) is 9.59 Å². The Morgan fingerprint density at radius 2 is 2.07 bits per heavy atom. The summed E-state index contributed by atoms with van der Waals surface area (Å²) >= 11 is 0. The Kier molecular flexibility index (Phi) is 4.33. The molecule has 0 aliphatic carbocycles. The standard InChI is InChI=1S/C20H17N3O4/c1-12-8-20(25)27-17-9-13(6-7-14(12)17)26-11-19(24)21-10-18-22-15-4-2-3-5-16(15)23-18/h2-9H,10-11H2,1H3,(H,21,24)(H,22,23). The summed E-state index contributed by atoms with van der Waals surface area (Å²) in [6.07, 6.45) is 0. The number of ether oxygens (including phenoxy) is 1. The lowest BCUT2D eigenvalue weighted by Crippen LogP contribution is -2.28. The van der Waals surface area contributed by atoms with E-state index in [0.717, 1.165) is 22.0 Å². The van der Waals surface area contributed by atoms with Gasteiger partial charge in [-0.1, -0.05) is 12.1 Å². The lowest BCUT2D eigenvalue weighted by molar-refractivity contribution is -0.123. The van der Waals surface area contributed by atoms with Gasteiger partial charge in [0.2, 0.25) is 0 Å². The molecule has 0 aliphatic heterocycles. The minimum absolute atomic E-state index is 0.151. The molecule has 2 heterocycles. The number of nitrogens with one attached hydrogen (secondary N) is 2. The van der Waals surface area contributed by atoms with E-state index in [1.807, 2.05) is 31.2 Å². The summed E-state index contributed by atoms with van der Waals surface area (Å²) in [6, 6.07) is 14.2. The van der Waals surface area contributed by atoms with Crippen LogP contribution in [0, 0.1) is 6.92 Å². The highest BCUT2D eigenvalue weighted by Crippen LogP contribution is 2.22. The molecule has 7 nitrogen and oxygen atoms in total. The number of imidazole rings is 1. The second-order valence-corrected chi connectivity index (χ2v) is 6.17. The number of nitrogens with zero attached hydrogens (tertiary/aromatic N) is 1. The lowest BCUT2D eigenvalue weighted by Gasteiger charge is -2.08. The van der Waals surface area contributed by atoms with E-state index in [1.54, 1.807) is 18.2 Å². The zero-order valence-corrected chi connectivity index (χ0v) is 14.6. The van der Waals surface area contributed by atoms with Crippen LogP contribution >= 0.6 is 0 Å². The summed E-state index contributed by atoms with van der Waals surface area (Å²) in [5.41, 5.74) is 2.62. The van der Waals surface area contributed by atoms with Crippen LogP contribution in [0.1, 0.15) is 11.4 Å². The predicted octanol–water partition coefficient (Wildman–Crippen LogP) is 2.67. The van der Waals surface area contributed by atoms with Crippen LogP contribution in [0.15, 0.2) is 57.7 Å². The summed E-state index contributed by atoms with van der Waals surface area (Å²) in [5, 5.41) is 3.58. The number of aromatic nitrogens is 2. The maximum absolute atomic E-state index is 12.0. The maximum atomic E-state index is 12.0. The van der Waals surface area contributed by atoms with Gasteiger partial charge < -0.3 is 19.5 Å². The van der Waals surface area contributed by atoms with Crippen molar-refractivity contribution >= 4 is 27.9 Å². The van der Waals surface area contributed by atoms with Gasteiger partial charge in [-0.2, -0.15) is 0 Å². The van der Waals surface area contributed by atoms with Crippen molar-refractivity contribution in [3.05, 3.63) is 70.3 Å². The molecule has 0 radical (unpaired) electrons. The van der Waals surface area contributed by atoms with E-state index in [-0.39, 0.29) is 19.1 Å². The van der Waals surface area contributed by atoms with Crippen molar-refractivity contribution in [1.82, 2.24) is 15.3 Å². The molecule has 2 aromatic carbocycles. The second-order valence-electron chi connectivity index (χ2n) is 6.17. The Bertz CT molecular complexity index is 1160. The van der Waals surface area contributed by atoms with Crippen LogP contribution in [0.2, 0.25) is 0 Å². The molecule has 0 aliphatic rings. The molecular weight excluding hydrogens is 346 g/mol. The largest absolute Gasteiger partial charge is 0.484 e. The first-order chi connectivity index (χ1) is 13.1. The average molecular weight is 363 g/mol. The molecule has 0 spiro atoms. The monoisotopic (exact) mass is 363 g/mol. The van der Waals surface area contributed by atoms with E-state index in [4.69, 9.17) is 9.15 Å². The number of para-hydroxylation sites is 2. The minimum Gasteiger partial charge on any atom is -0.484 e. The Balaban J connectivity index is 1.37. The number of H-pyrrole nitrogens is 1. The van der Waals surface area contributed by atoms with Crippen molar-refractivity contribution in [2.24, 2.45) is 0 Å². The zero-order chi connectivity index (χ0) is 18.8. The van der Waals surface area contributed by atoms with Crippen LogP contribution in [0.25, 0.3) is 22.0 Å². The number of fused-ring (bicyclic) bond motifs is 2. The molecule has 0 bridgehead atoms. The third-order valence-electron chi connectivity index (χ3n) is 4.18. The molecular formula is C20H17N3O4. The van der Waals surface area contributed by atoms with Crippen LogP contribution < -0.4 is 15.7 Å². The molecule has 27 heavy (non-hydrogen) atoms. The Morgan fingerprint density at radius 3 is 2.93 bits per heavy atom. The van der Waals surface area contributed by atoms with Gasteiger partial charge in [0.25, 0.3) is 5.91 Å². The minimum atomic E-state index is -0.416. The SMILES string of the molecule is Cc1cc(=O)oc2cc(OCC(=O)NCc3nc4ccccc4[nH]3)ccc12. The quantitative estimate of drug-likeness (QED) is 0.531. The molecule has 4 rings (SSSR count). The van der Waals surface area contributed by atoms with Gasteiger partial charge in [0.1, 0.15) is 17.2 Å². The lowest BCUT2D eigenvalue weighted by atomic mass is 10.1. The number of carbonyl (C=O) groups is 1. The number of rotatable bonds is 5. The molecule has 136 valence electrons. The van der Waals surface area contributed by atoms with Gasteiger partial charge in [0.05, 0.1) is 17.6 Å². The molecule has 2 N–H and O–H groups in total. The summed E-state index contributed by atoms with van der Waals surface area (Å²) in [4.78, 5) is 31.1. The van der Waals surface area contributed by atoms with Gasteiger partial charge in [-0.15, -0.1) is 0 Å². The fourth-order valence-corrected chi connectivity index (χ4v) is 2.87. The van der Waals surface area contributed by atoms with Gasteiger partial charge in [-0.05, 0) is 36.8 Å². The third kappa shape index (κ3) is 3.67. The predicted molar refractivity (Wildman–Crippen MR) is 101 cm³/mol. The summed E-state index contributed by atoms with van der Waals surface area (Å²) in [5.74, 6) is 0.851. The highest BCUT2D eigenvalue weighted by atomic mass is 16.5. The number of amides is 1. The first kappa shape index (κ1) is 16.8. The number of aryl methyl sites for hydroxylation is 1. The van der Waals surface area contributed by atoms with Crippen molar-refractivity contribution in [2.75, 3.05) is 6.61 Å². The molecule has 0 saturated carbocycles. The fraction of sp³-hybridized carbons (Fsp3) is 0.150. The van der Waals surface area contributed by atoms with E-state index in [1.165, 1.54) is 6.07 Å². The van der Waals surface area contributed by atoms with Crippen molar-refractivity contribution in [3.63, 3.8) is 0 Å². The number of aromatic amines is 1. The number of hydrogen-bond donors (Lipinski definition) is 2. The molecule has 0 atom stereocenters. The van der Waals surface area contributed by atoms with Gasteiger partial charge >= 0.3 is 5.63 Å². The van der Waals surface area contributed by atoms with Crippen molar-refractivity contribution in [1.29, 1.82) is 0 Å². The van der Waals surface area contributed by atoms with E-state index < -0.39 is 5.63 Å². The molecule has 0 fully saturated rings. The van der Waals surface area contributed by atoms with Crippen molar-refractivity contribution in [2.45, 2.75) is 13.5 Å². The average Bonchev–Trinajstić information content (AvgIpc) is 3.07. The normalized spacial score (nSPS) is 11.0. The van der Waals surface area contributed by atoms with Crippen LogP contribution in [-0.2, 0) is 11.3 Å². The highest BCUT2D eigenvalue weighted by Gasteiger charge is 2.08. The van der Waals surface area contributed by atoms with Gasteiger partial charge in [0, 0.05) is 17.5 Å². The number of carbonyl (C=O) groups excluding carboxylic acids is 1. The molecule has 4 aromatic rings. The molecule has 0 saturated heterocycles. The number of hydrogen-bond acceptors (Lipinski definition) is 5. The summed E-state index contributed by atoms with van der Waals surface area (Å²) in [7, 11) is 0. The Hall–Kier alpha value is -3.61. The van der Waals surface area contributed by atoms with Gasteiger partial charge in [-0.25, -0.2) is 9.78 Å². The van der Waals surface area contributed by atoms with Gasteiger partial charge in [-0.3, -0.25) is 4.79 Å². The molecule has 1 amide bonds. The first-order valence-electron chi connectivity index (χ1n) is 8.46. The number of benzene rings is 2. The van der Waals surface area contributed by atoms with Crippen LogP contribution in [0.3, 0.4) is 0 Å². The first-order valence-corrected chi connectivity index (χ1v) is 8.46. The maximum Gasteiger partial charge on any atom is 0.336 e. The molecule has 2 aromatic heterocycles. The van der Waals surface area contributed by atoms with Gasteiger partial charge in [0.15, 0.2) is 6.61 Å². The van der Waals surface area contributed by atoms with E-state index in [2.05, 4.69) is 15.3 Å². The van der Waals surface area contributed by atoms with E-state index >= 15 is 0 Å². The topological polar surface area (TPSA) is 97.2 Å².